The first kappa shape index (κ1) is 15.6. The number of carbonyl (C=O) groups excluding carboxylic acids is 1. The van der Waals surface area contributed by atoms with Gasteiger partial charge in [0.15, 0.2) is 29.1 Å². The molecule has 0 aliphatic heterocycles. The van der Waals surface area contributed by atoms with Gasteiger partial charge < -0.3 is 0 Å². The van der Waals surface area contributed by atoms with Crippen molar-refractivity contribution in [3.63, 3.8) is 0 Å². The zero-order valence-corrected chi connectivity index (χ0v) is 11.8. The smallest absolute Gasteiger partial charge is 0.200 e. The highest BCUT2D eigenvalue weighted by Crippen LogP contribution is 2.25. The molecule has 0 fully saturated rings. The van der Waals surface area contributed by atoms with Gasteiger partial charge in [0.2, 0.25) is 5.82 Å². The summed E-state index contributed by atoms with van der Waals surface area (Å²) < 4.78 is 66.5. The van der Waals surface area contributed by atoms with Crippen molar-refractivity contribution in [2.45, 2.75) is 6.42 Å². The molecule has 0 aliphatic rings. The van der Waals surface area contributed by atoms with Crippen molar-refractivity contribution in [1.29, 1.82) is 0 Å². The fourth-order valence-electron chi connectivity index (χ4n) is 1.75. The van der Waals surface area contributed by atoms with E-state index in [9.17, 15) is 26.7 Å². The third kappa shape index (κ3) is 2.83. The van der Waals surface area contributed by atoms with Crippen LogP contribution in [-0.4, -0.2) is 5.78 Å². The maximum atomic E-state index is 13.5. The van der Waals surface area contributed by atoms with E-state index in [0.717, 1.165) is 0 Å². The molecule has 21 heavy (non-hydrogen) atoms. The number of hydrogen-bond donors (Lipinski definition) is 0. The average Bonchev–Trinajstić information content (AvgIpc) is 2.46. The summed E-state index contributed by atoms with van der Waals surface area (Å²) in [6.07, 6.45) is -0.500. The zero-order valence-electron chi connectivity index (χ0n) is 10.2. The largest absolute Gasteiger partial charge is 0.294 e. The van der Waals surface area contributed by atoms with Crippen LogP contribution in [-0.2, 0) is 6.42 Å². The van der Waals surface area contributed by atoms with Crippen molar-refractivity contribution >= 4 is 21.7 Å². The van der Waals surface area contributed by atoms with E-state index in [2.05, 4.69) is 15.9 Å². The maximum absolute atomic E-state index is 13.5. The minimum absolute atomic E-state index is 0.367. The molecular formula is C14H6BrF5O. The first-order valence-electron chi connectivity index (χ1n) is 5.62. The van der Waals surface area contributed by atoms with E-state index in [0.29, 0.717) is 10.0 Å². The van der Waals surface area contributed by atoms with Gasteiger partial charge in [0.05, 0.1) is 5.56 Å². The molecule has 1 nitrogen and oxygen atoms in total. The van der Waals surface area contributed by atoms with Gasteiger partial charge in [0, 0.05) is 10.9 Å². The fourth-order valence-corrected chi connectivity index (χ4v) is 2.18. The topological polar surface area (TPSA) is 17.1 Å². The molecular weight excluding hydrogens is 359 g/mol. The van der Waals surface area contributed by atoms with Crippen LogP contribution in [0.4, 0.5) is 22.0 Å². The molecule has 0 aromatic heterocycles. The van der Waals surface area contributed by atoms with Crippen molar-refractivity contribution in [3.05, 3.63) is 69.0 Å². The van der Waals surface area contributed by atoms with E-state index >= 15 is 0 Å². The number of Topliss-reactive ketones (excluding diaryl/α,β-unsaturated/α-hetero) is 1. The second kappa shape index (κ2) is 5.93. The number of benzene rings is 2. The Bertz CT molecular complexity index is 701. The van der Waals surface area contributed by atoms with Crippen LogP contribution in [0.3, 0.4) is 0 Å². The maximum Gasteiger partial charge on any atom is 0.200 e. The molecule has 0 N–H and O–H groups in total. The van der Waals surface area contributed by atoms with Crippen LogP contribution in [0.5, 0.6) is 0 Å². The Morgan fingerprint density at radius 2 is 1.33 bits per heavy atom. The monoisotopic (exact) mass is 364 g/mol. The molecule has 0 atom stereocenters. The van der Waals surface area contributed by atoms with Crippen molar-refractivity contribution in [2.75, 3.05) is 0 Å². The standard InChI is InChI=1S/C14H6BrF5O/c15-7-4-2-1-3-6(7)5-8(21)9-10(16)12(18)14(20)13(19)11(9)17/h1-4H,5H2. The lowest BCUT2D eigenvalue weighted by Crippen LogP contribution is -2.14. The molecule has 0 unspecified atom stereocenters. The highest BCUT2D eigenvalue weighted by atomic mass is 79.9. The van der Waals surface area contributed by atoms with Gasteiger partial charge in [0.25, 0.3) is 0 Å². The lowest BCUT2D eigenvalue weighted by atomic mass is 10.0. The average molecular weight is 365 g/mol. The molecule has 7 heteroatoms. The van der Waals surface area contributed by atoms with Crippen LogP contribution in [0.1, 0.15) is 15.9 Å². The van der Waals surface area contributed by atoms with Gasteiger partial charge in [-0.1, -0.05) is 34.1 Å². The van der Waals surface area contributed by atoms with Gasteiger partial charge in [-0.15, -0.1) is 0 Å². The Morgan fingerprint density at radius 1 is 0.857 bits per heavy atom. The first-order chi connectivity index (χ1) is 9.84. The normalized spacial score (nSPS) is 10.8. The summed E-state index contributed by atoms with van der Waals surface area (Å²) in [5, 5.41) is 0. The van der Waals surface area contributed by atoms with E-state index in [1.165, 1.54) is 6.07 Å². The van der Waals surface area contributed by atoms with Crippen LogP contribution in [0.2, 0.25) is 0 Å². The summed E-state index contributed by atoms with van der Waals surface area (Å²) >= 11 is 3.13. The summed E-state index contributed by atoms with van der Waals surface area (Å²) in [6, 6.07) is 6.30. The van der Waals surface area contributed by atoms with Gasteiger partial charge in [-0.25, -0.2) is 22.0 Å². The Balaban J connectivity index is 2.48. The third-order valence-corrected chi connectivity index (χ3v) is 3.57. The van der Waals surface area contributed by atoms with Crippen LogP contribution in [0.15, 0.2) is 28.7 Å². The minimum atomic E-state index is -2.29. The summed E-state index contributed by atoms with van der Waals surface area (Å²) in [5.41, 5.74) is -1.06. The number of ketones is 1. The van der Waals surface area contributed by atoms with Gasteiger partial charge in [0.1, 0.15) is 0 Å². The van der Waals surface area contributed by atoms with Crippen molar-refractivity contribution < 1.29 is 26.7 Å². The van der Waals surface area contributed by atoms with Crippen LogP contribution in [0.25, 0.3) is 0 Å². The highest BCUT2D eigenvalue weighted by Gasteiger charge is 2.29. The number of hydrogen-bond acceptors (Lipinski definition) is 1. The van der Waals surface area contributed by atoms with E-state index in [1.807, 2.05) is 0 Å². The quantitative estimate of drug-likeness (QED) is 0.337. The summed E-state index contributed by atoms with van der Waals surface area (Å²) in [5.74, 6) is -12.0. The lowest BCUT2D eigenvalue weighted by Gasteiger charge is -2.08. The Labute approximate surface area is 124 Å². The number of halogens is 6. The van der Waals surface area contributed by atoms with Crippen molar-refractivity contribution in [1.82, 2.24) is 0 Å². The van der Waals surface area contributed by atoms with Gasteiger partial charge in [-0.3, -0.25) is 4.79 Å². The second-order valence-electron chi connectivity index (χ2n) is 4.14. The molecule has 0 radical (unpaired) electrons. The molecule has 0 aliphatic carbocycles. The predicted molar refractivity (Wildman–Crippen MR) is 68.4 cm³/mol. The van der Waals surface area contributed by atoms with E-state index in [4.69, 9.17) is 0 Å². The summed E-state index contributed by atoms with van der Waals surface area (Å²) in [7, 11) is 0. The molecule has 2 aromatic rings. The highest BCUT2D eigenvalue weighted by molar-refractivity contribution is 9.10. The number of carbonyl (C=O) groups is 1. The molecule has 0 spiro atoms. The molecule has 2 aromatic carbocycles. The van der Waals surface area contributed by atoms with Crippen LogP contribution in [0, 0.1) is 29.1 Å². The van der Waals surface area contributed by atoms with E-state index in [-0.39, 0.29) is 0 Å². The molecule has 0 heterocycles. The van der Waals surface area contributed by atoms with Gasteiger partial charge in [-0.05, 0) is 11.6 Å². The molecule has 0 saturated heterocycles. The van der Waals surface area contributed by atoms with Crippen molar-refractivity contribution in [2.24, 2.45) is 0 Å². The summed E-state index contributed by atoms with van der Waals surface area (Å²) in [6.45, 7) is 0. The minimum Gasteiger partial charge on any atom is -0.294 e. The molecule has 0 amide bonds. The molecule has 2 rings (SSSR count). The fraction of sp³-hybridized carbons (Fsp3) is 0.0714. The van der Waals surface area contributed by atoms with Crippen LogP contribution < -0.4 is 0 Å². The summed E-state index contributed by atoms with van der Waals surface area (Å²) in [4.78, 5) is 11.9. The second-order valence-corrected chi connectivity index (χ2v) is 4.99. The van der Waals surface area contributed by atoms with Gasteiger partial charge in [-0.2, -0.15) is 0 Å². The SMILES string of the molecule is O=C(Cc1ccccc1Br)c1c(F)c(F)c(F)c(F)c1F. The Hall–Kier alpha value is -1.76. The Morgan fingerprint density at radius 3 is 1.86 bits per heavy atom. The number of rotatable bonds is 3. The van der Waals surface area contributed by atoms with Crippen molar-refractivity contribution in [3.8, 4) is 0 Å². The van der Waals surface area contributed by atoms with Crippen LogP contribution >= 0.6 is 15.9 Å². The Kier molecular flexibility index (Phi) is 4.41. The predicted octanol–water partition coefficient (Wildman–Crippen LogP) is 4.57. The van der Waals surface area contributed by atoms with E-state index < -0.39 is 46.9 Å². The van der Waals surface area contributed by atoms with Gasteiger partial charge >= 0.3 is 0 Å². The molecule has 110 valence electrons. The lowest BCUT2D eigenvalue weighted by molar-refractivity contribution is 0.0981. The first-order valence-corrected chi connectivity index (χ1v) is 6.42. The van der Waals surface area contributed by atoms with E-state index in [1.54, 1.807) is 18.2 Å². The zero-order chi connectivity index (χ0) is 15.7. The molecule has 0 saturated carbocycles. The molecule has 0 bridgehead atoms. The third-order valence-electron chi connectivity index (χ3n) is 2.80.